The molecular weight excluding hydrogens is 308 g/mol. The Balaban J connectivity index is 1.51. The SMILES string of the molecule is Cc1nc(CCNC(=O)C2Cc3cc(Cl)ccc3O2)cs1. The van der Waals surface area contributed by atoms with Crippen LogP contribution in [-0.4, -0.2) is 23.5 Å². The molecule has 1 aromatic carbocycles. The number of nitrogens with zero attached hydrogens (tertiary/aromatic N) is 1. The predicted octanol–water partition coefficient (Wildman–Crippen LogP) is 2.77. The number of hydrogen-bond acceptors (Lipinski definition) is 4. The molecule has 2 heterocycles. The number of amides is 1. The van der Waals surface area contributed by atoms with E-state index in [0.29, 0.717) is 18.0 Å². The fourth-order valence-corrected chi connectivity index (χ4v) is 3.16. The molecule has 2 aromatic rings. The van der Waals surface area contributed by atoms with E-state index in [2.05, 4.69) is 10.3 Å². The van der Waals surface area contributed by atoms with E-state index in [1.165, 1.54) is 0 Å². The van der Waals surface area contributed by atoms with Crippen LogP contribution in [0.4, 0.5) is 0 Å². The van der Waals surface area contributed by atoms with Crippen LogP contribution in [-0.2, 0) is 17.6 Å². The van der Waals surface area contributed by atoms with Crippen LogP contribution < -0.4 is 10.1 Å². The van der Waals surface area contributed by atoms with Gasteiger partial charge in [-0.05, 0) is 30.7 Å². The quantitative estimate of drug-likeness (QED) is 0.941. The largest absolute Gasteiger partial charge is 0.480 e. The van der Waals surface area contributed by atoms with Crippen molar-refractivity contribution in [2.24, 2.45) is 0 Å². The Kier molecular flexibility index (Phi) is 4.12. The van der Waals surface area contributed by atoms with Crippen LogP contribution in [0, 0.1) is 6.92 Å². The van der Waals surface area contributed by atoms with Crippen LogP contribution in [0.1, 0.15) is 16.3 Å². The van der Waals surface area contributed by atoms with Gasteiger partial charge in [-0.3, -0.25) is 4.79 Å². The smallest absolute Gasteiger partial charge is 0.261 e. The van der Waals surface area contributed by atoms with Crippen molar-refractivity contribution in [1.29, 1.82) is 0 Å². The molecule has 1 N–H and O–H groups in total. The lowest BCUT2D eigenvalue weighted by Gasteiger charge is -2.10. The maximum Gasteiger partial charge on any atom is 0.261 e. The Morgan fingerprint density at radius 3 is 3.19 bits per heavy atom. The van der Waals surface area contributed by atoms with Gasteiger partial charge in [0.05, 0.1) is 10.7 Å². The summed E-state index contributed by atoms with van der Waals surface area (Å²) < 4.78 is 5.65. The van der Waals surface area contributed by atoms with Gasteiger partial charge in [0.25, 0.3) is 5.91 Å². The number of aromatic nitrogens is 1. The van der Waals surface area contributed by atoms with Gasteiger partial charge in [0.1, 0.15) is 5.75 Å². The van der Waals surface area contributed by atoms with Crippen LogP contribution in [0.3, 0.4) is 0 Å². The average molecular weight is 323 g/mol. The van der Waals surface area contributed by atoms with Crippen molar-refractivity contribution in [3.8, 4) is 5.75 Å². The van der Waals surface area contributed by atoms with Crippen LogP contribution in [0.5, 0.6) is 5.75 Å². The summed E-state index contributed by atoms with van der Waals surface area (Å²) in [4.78, 5) is 16.5. The first-order valence-electron chi connectivity index (χ1n) is 6.75. The predicted molar refractivity (Wildman–Crippen MR) is 83.1 cm³/mol. The second-order valence-corrected chi connectivity index (χ2v) is 6.46. The van der Waals surface area contributed by atoms with E-state index < -0.39 is 6.10 Å². The molecule has 21 heavy (non-hydrogen) atoms. The Morgan fingerprint density at radius 2 is 2.43 bits per heavy atom. The first-order chi connectivity index (χ1) is 10.1. The summed E-state index contributed by atoms with van der Waals surface area (Å²) in [6, 6.07) is 5.43. The molecule has 3 rings (SSSR count). The standard InChI is InChI=1S/C15H15ClN2O2S/c1-9-18-12(8-21-9)4-5-17-15(19)14-7-10-6-11(16)2-3-13(10)20-14/h2-3,6,8,14H,4-5,7H2,1H3,(H,17,19). The number of carbonyl (C=O) groups excluding carboxylic acids is 1. The Labute approximate surface area is 132 Å². The van der Waals surface area contributed by atoms with E-state index in [4.69, 9.17) is 16.3 Å². The van der Waals surface area contributed by atoms with Crippen LogP contribution in [0.25, 0.3) is 0 Å². The summed E-state index contributed by atoms with van der Waals surface area (Å²) in [6.07, 6.45) is 0.842. The molecule has 0 saturated heterocycles. The molecular formula is C15H15ClN2O2S. The van der Waals surface area contributed by atoms with Crippen molar-refractivity contribution in [1.82, 2.24) is 10.3 Å². The highest BCUT2D eigenvalue weighted by atomic mass is 35.5. The van der Waals surface area contributed by atoms with Gasteiger partial charge in [-0.25, -0.2) is 4.98 Å². The van der Waals surface area contributed by atoms with Gasteiger partial charge < -0.3 is 10.1 Å². The van der Waals surface area contributed by atoms with Gasteiger partial charge in [0, 0.05) is 29.8 Å². The normalized spacial score (nSPS) is 16.4. The summed E-state index contributed by atoms with van der Waals surface area (Å²) in [5.74, 6) is 0.656. The lowest BCUT2D eigenvalue weighted by Crippen LogP contribution is -2.38. The number of aryl methyl sites for hydroxylation is 1. The van der Waals surface area contributed by atoms with Gasteiger partial charge in [0.2, 0.25) is 0 Å². The van der Waals surface area contributed by atoms with E-state index in [9.17, 15) is 4.79 Å². The van der Waals surface area contributed by atoms with Gasteiger partial charge in [-0.2, -0.15) is 0 Å². The highest BCUT2D eigenvalue weighted by molar-refractivity contribution is 7.09. The minimum atomic E-state index is -0.462. The van der Waals surface area contributed by atoms with Crippen molar-refractivity contribution >= 4 is 28.8 Å². The second kappa shape index (κ2) is 6.03. The van der Waals surface area contributed by atoms with E-state index in [-0.39, 0.29) is 5.91 Å². The van der Waals surface area contributed by atoms with Gasteiger partial charge in [-0.1, -0.05) is 11.6 Å². The zero-order valence-corrected chi connectivity index (χ0v) is 13.1. The molecule has 1 amide bonds. The number of ether oxygens (including phenoxy) is 1. The molecule has 0 saturated carbocycles. The molecule has 0 bridgehead atoms. The third kappa shape index (κ3) is 3.36. The fourth-order valence-electron chi connectivity index (χ4n) is 2.31. The summed E-state index contributed by atoms with van der Waals surface area (Å²) in [6.45, 7) is 2.54. The lowest BCUT2D eigenvalue weighted by molar-refractivity contribution is -0.127. The Hall–Kier alpha value is -1.59. The van der Waals surface area contributed by atoms with Crippen LogP contribution >= 0.6 is 22.9 Å². The van der Waals surface area contributed by atoms with E-state index >= 15 is 0 Å². The van der Waals surface area contributed by atoms with Crippen molar-refractivity contribution < 1.29 is 9.53 Å². The molecule has 0 radical (unpaired) electrons. The Bertz CT molecular complexity index is 671. The van der Waals surface area contributed by atoms with E-state index in [0.717, 1.165) is 28.4 Å². The number of rotatable bonds is 4. The minimum absolute atomic E-state index is 0.0886. The summed E-state index contributed by atoms with van der Waals surface area (Å²) >= 11 is 7.56. The molecule has 1 unspecified atom stereocenters. The summed E-state index contributed by atoms with van der Waals surface area (Å²) in [7, 11) is 0. The number of thiazole rings is 1. The molecule has 1 aliphatic heterocycles. The monoisotopic (exact) mass is 322 g/mol. The molecule has 0 spiro atoms. The molecule has 110 valence electrons. The second-order valence-electron chi connectivity index (χ2n) is 4.96. The molecule has 1 aliphatic rings. The number of nitrogens with one attached hydrogen (secondary N) is 1. The van der Waals surface area contributed by atoms with Crippen molar-refractivity contribution in [2.45, 2.75) is 25.9 Å². The number of carbonyl (C=O) groups is 1. The zero-order chi connectivity index (χ0) is 14.8. The molecule has 0 aliphatic carbocycles. The average Bonchev–Trinajstić information content (AvgIpc) is 3.04. The maximum atomic E-state index is 12.1. The molecule has 0 fully saturated rings. The highest BCUT2D eigenvalue weighted by Crippen LogP contribution is 2.31. The van der Waals surface area contributed by atoms with Gasteiger partial charge >= 0.3 is 0 Å². The number of hydrogen-bond donors (Lipinski definition) is 1. The van der Waals surface area contributed by atoms with E-state index in [1.54, 1.807) is 17.4 Å². The summed E-state index contributed by atoms with van der Waals surface area (Å²) in [5, 5.41) is 6.63. The molecule has 1 aromatic heterocycles. The van der Waals surface area contributed by atoms with Crippen molar-refractivity contribution in [3.05, 3.63) is 44.9 Å². The highest BCUT2D eigenvalue weighted by Gasteiger charge is 2.28. The maximum absolute atomic E-state index is 12.1. The van der Waals surface area contributed by atoms with Gasteiger partial charge in [0.15, 0.2) is 6.10 Å². The zero-order valence-electron chi connectivity index (χ0n) is 11.6. The first-order valence-corrected chi connectivity index (χ1v) is 8.01. The van der Waals surface area contributed by atoms with Crippen molar-refractivity contribution in [2.75, 3.05) is 6.54 Å². The Morgan fingerprint density at radius 1 is 1.57 bits per heavy atom. The third-order valence-corrected chi connectivity index (χ3v) is 4.39. The van der Waals surface area contributed by atoms with Crippen molar-refractivity contribution in [3.63, 3.8) is 0 Å². The summed E-state index contributed by atoms with van der Waals surface area (Å²) in [5.41, 5.74) is 2.00. The van der Waals surface area contributed by atoms with Crippen LogP contribution in [0.2, 0.25) is 5.02 Å². The minimum Gasteiger partial charge on any atom is -0.480 e. The fraction of sp³-hybridized carbons (Fsp3) is 0.333. The first kappa shape index (κ1) is 14.4. The molecule has 1 atom stereocenters. The number of halogens is 1. The molecule has 4 nitrogen and oxygen atoms in total. The third-order valence-electron chi connectivity index (χ3n) is 3.34. The molecule has 6 heteroatoms. The van der Waals surface area contributed by atoms with Crippen LogP contribution in [0.15, 0.2) is 23.6 Å². The number of benzene rings is 1. The topological polar surface area (TPSA) is 51.2 Å². The lowest BCUT2D eigenvalue weighted by atomic mass is 10.1. The van der Waals surface area contributed by atoms with Gasteiger partial charge in [-0.15, -0.1) is 11.3 Å². The van der Waals surface area contributed by atoms with E-state index in [1.807, 2.05) is 24.4 Å². The number of fused-ring (bicyclic) bond motifs is 1.